The van der Waals surface area contributed by atoms with E-state index in [0.29, 0.717) is 18.7 Å². The molecule has 1 amide bonds. The van der Waals surface area contributed by atoms with Gasteiger partial charge in [0.1, 0.15) is 11.6 Å². The van der Waals surface area contributed by atoms with E-state index in [1.165, 1.54) is 67.0 Å². The van der Waals surface area contributed by atoms with Crippen LogP contribution in [0.2, 0.25) is 0 Å². The Hall–Kier alpha value is -3.33. The van der Waals surface area contributed by atoms with Crippen molar-refractivity contribution in [3.8, 4) is 0 Å². The summed E-state index contributed by atoms with van der Waals surface area (Å²) in [7, 11) is 0. The summed E-state index contributed by atoms with van der Waals surface area (Å²) in [5.41, 5.74) is -0.932. The molecule has 0 spiro atoms. The molecule has 0 unspecified atom stereocenters. The molecule has 36 heavy (non-hydrogen) atoms. The van der Waals surface area contributed by atoms with Crippen molar-refractivity contribution in [3.63, 3.8) is 0 Å². The van der Waals surface area contributed by atoms with Gasteiger partial charge < -0.3 is 4.90 Å². The largest absolute Gasteiger partial charge is 0.336 e. The summed E-state index contributed by atoms with van der Waals surface area (Å²) in [5, 5.41) is -0.221. The minimum atomic E-state index is -0.804. The molecule has 0 radical (unpaired) electrons. The van der Waals surface area contributed by atoms with Gasteiger partial charge in [-0.1, -0.05) is 31.4 Å². The van der Waals surface area contributed by atoms with Gasteiger partial charge in [0.25, 0.3) is 11.5 Å². The van der Waals surface area contributed by atoms with Crippen molar-refractivity contribution in [3.05, 3.63) is 80.0 Å². The Balaban J connectivity index is 1.32. The van der Waals surface area contributed by atoms with Crippen LogP contribution < -0.4 is 11.2 Å². The number of nitrogens with one attached hydrogen (secondary N) is 1. The molecule has 0 bridgehead atoms. The molecule has 2 aromatic carbocycles. The summed E-state index contributed by atoms with van der Waals surface area (Å²) in [6.45, 7) is 3.64. The molecule has 7 nitrogen and oxygen atoms in total. The van der Waals surface area contributed by atoms with Crippen molar-refractivity contribution >= 4 is 16.8 Å². The maximum Gasteiger partial charge on any atom is 0.329 e. The van der Waals surface area contributed by atoms with E-state index in [9.17, 15) is 23.2 Å². The summed E-state index contributed by atoms with van der Waals surface area (Å²) < 4.78 is 30.2. The number of hydrogen-bond donors (Lipinski definition) is 1. The number of rotatable bonds is 5. The molecule has 1 aliphatic carbocycles. The summed E-state index contributed by atoms with van der Waals surface area (Å²) in [5.74, 6) is -1.01. The van der Waals surface area contributed by atoms with E-state index in [0.717, 1.165) is 31.6 Å². The number of carbonyl (C=O) groups is 1. The van der Waals surface area contributed by atoms with Gasteiger partial charge in [-0.2, -0.15) is 0 Å². The highest BCUT2D eigenvalue weighted by molar-refractivity contribution is 5.94. The first-order valence-corrected chi connectivity index (χ1v) is 12.6. The highest BCUT2D eigenvalue weighted by atomic mass is 19.1. The quantitative estimate of drug-likeness (QED) is 0.588. The Kier molecular flexibility index (Phi) is 7.00. The van der Waals surface area contributed by atoms with E-state index in [-0.39, 0.29) is 28.9 Å². The van der Waals surface area contributed by atoms with E-state index in [2.05, 4.69) is 9.88 Å². The lowest BCUT2D eigenvalue weighted by Crippen LogP contribution is -2.50. The van der Waals surface area contributed by atoms with Crippen LogP contribution in [0.1, 0.15) is 48.0 Å². The van der Waals surface area contributed by atoms with Crippen LogP contribution in [0.3, 0.4) is 0 Å². The van der Waals surface area contributed by atoms with Crippen LogP contribution in [0.15, 0.2) is 46.0 Å². The fraction of sp³-hybridized carbons (Fsp3) is 0.444. The number of aromatic amines is 1. The fourth-order valence-corrected chi connectivity index (χ4v) is 5.51. The minimum Gasteiger partial charge on any atom is -0.336 e. The zero-order valence-electron chi connectivity index (χ0n) is 20.1. The van der Waals surface area contributed by atoms with Gasteiger partial charge in [0, 0.05) is 32.7 Å². The lowest BCUT2D eigenvalue weighted by atomic mass is 9.89. The Morgan fingerprint density at radius 3 is 2.44 bits per heavy atom. The lowest BCUT2D eigenvalue weighted by Gasteiger charge is -2.37. The SMILES string of the molecule is O=C(c1cc(Cn2c(=O)[nH]c(=O)c3c(F)cccc32)ccc1F)N1CCN(CC2CCCCC2)CC1. The standard InChI is InChI=1S/C27H30F2N4O3/c28-21-10-9-19(17-33-23-8-4-7-22(29)24(23)25(34)30-27(33)36)15-20(21)26(35)32-13-11-31(12-14-32)16-18-5-2-1-3-6-18/h4,7-10,15,18H,1-3,5-6,11-14,16-17H2,(H,30,34,36). The van der Waals surface area contributed by atoms with Crippen molar-refractivity contribution in [2.45, 2.75) is 38.6 Å². The second kappa shape index (κ2) is 10.3. The second-order valence-corrected chi connectivity index (χ2v) is 9.89. The van der Waals surface area contributed by atoms with Crippen LogP contribution in [0, 0.1) is 17.6 Å². The fourth-order valence-electron chi connectivity index (χ4n) is 5.51. The van der Waals surface area contributed by atoms with Crippen LogP contribution in [0.4, 0.5) is 8.78 Å². The maximum atomic E-state index is 14.7. The molecule has 2 fully saturated rings. The van der Waals surface area contributed by atoms with E-state index in [1.807, 2.05) is 0 Å². The summed E-state index contributed by atoms with van der Waals surface area (Å²) in [6, 6.07) is 8.18. The molecule has 5 rings (SSSR count). The number of carbonyl (C=O) groups excluding carboxylic acids is 1. The number of aromatic nitrogens is 2. The monoisotopic (exact) mass is 496 g/mol. The van der Waals surface area contributed by atoms with Crippen LogP contribution >= 0.6 is 0 Å². The van der Waals surface area contributed by atoms with Crippen molar-refractivity contribution in [1.82, 2.24) is 19.4 Å². The molecule has 3 aromatic rings. The second-order valence-electron chi connectivity index (χ2n) is 9.89. The number of fused-ring (bicyclic) bond motifs is 1. The number of hydrogen-bond acceptors (Lipinski definition) is 4. The first-order chi connectivity index (χ1) is 17.4. The number of nitrogens with zero attached hydrogens (tertiary/aromatic N) is 3. The molecule has 1 aliphatic heterocycles. The van der Waals surface area contributed by atoms with Crippen LogP contribution in [0.5, 0.6) is 0 Å². The molecule has 9 heteroatoms. The first-order valence-electron chi connectivity index (χ1n) is 12.6. The first kappa shape index (κ1) is 24.4. The highest BCUT2D eigenvalue weighted by Crippen LogP contribution is 2.25. The third-order valence-electron chi connectivity index (χ3n) is 7.48. The summed E-state index contributed by atoms with van der Waals surface area (Å²) in [6.07, 6.45) is 6.48. The summed E-state index contributed by atoms with van der Waals surface area (Å²) in [4.78, 5) is 44.0. The molecule has 1 N–H and O–H groups in total. The smallest absolute Gasteiger partial charge is 0.329 e. The Labute approximate surface area is 207 Å². The maximum absolute atomic E-state index is 14.7. The van der Waals surface area contributed by atoms with E-state index in [1.54, 1.807) is 4.90 Å². The number of benzene rings is 2. The Morgan fingerprint density at radius 2 is 1.69 bits per heavy atom. The number of halogens is 2. The molecule has 0 atom stereocenters. The highest BCUT2D eigenvalue weighted by Gasteiger charge is 2.26. The van der Waals surface area contributed by atoms with E-state index < -0.39 is 22.9 Å². The predicted octanol–water partition coefficient (Wildman–Crippen LogP) is 3.35. The molecule has 2 heterocycles. The third kappa shape index (κ3) is 4.97. The minimum absolute atomic E-state index is 0.0503. The van der Waals surface area contributed by atoms with Crippen LogP contribution in [-0.2, 0) is 6.54 Å². The van der Waals surface area contributed by atoms with Gasteiger partial charge in [-0.25, -0.2) is 13.6 Å². The van der Waals surface area contributed by atoms with Crippen molar-refractivity contribution in [1.29, 1.82) is 0 Å². The van der Waals surface area contributed by atoms with Crippen molar-refractivity contribution in [2.24, 2.45) is 5.92 Å². The zero-order valence-corrected chi connectivity index (χ0v) is 20.1. The van der Waals surface area contributed by atoms with Gasteiger partial charge in [0.15, 0.2) is 0 Å². The van der Waals surface area contributed by atoms with Gasteiger partial charge in [0.05, 0.1) is 23.0 Å². The van der Waals surface area contributed by atoms with E-state index in [4.69, 9.17) is 0 Å². The van der Waals surface area contributed by atoms with Crippen molar-refractivity contribution in [2.75, 3.05) is 32.7 Å². The van der Waals surface area contributed by atoms with Crippen molar-refractivity contribution < 1.29 is 13.6 Å². The molecule has 1 saturated carbocycles. The Morgan fingerprint density at radius 1 is 0.944 bits per heavy atom. The molecular formula is C27H30F2N4O3. The topological polar surface area (TPSA) is 78.4 Å². The number of amides is 1. The Bertz CT molecular complexity index is 1390. The summed E-state index contributed by atoms with van der Waals surface area (Å²) >= 11 is 0. The average molecular weight is 497 g/mol. The molecule has 1 aromatic heterocycles. The molecular weight excluding hydrogens is 466 g/mol. The van der Waals surface area contributed by atoms with Gasteiger partial charge in [-0.15, -0.1) is 0 Å². The zero-order chi connectivity index (χ0) is 25.2. The normalized spacial score (nSPS) is 17.6. The molecule has 2 aliphatic rings. The lowest BCUT2D eigenvalue weighted by molar-refractivity contribution is 0.0601. The van der Waals surface area contributed by atoms with Gasteiger partial charge in [-0.05, 0) is 48.6 Å². The average Bonchev–Trinajstić information content (AvgIpc) is 2.88. The van der Waals surface area contributed by atoms with Gasteiger partial charge >= 0.3 is 5.69 Å². The molecule has 190 valence electrons. The third-order valence-corrected chi connectivity index (χ3v) is 7.48. The van der Waals surface area contributed by atoms with E-state index >= 15 is 0 Å². The molecule has 1 saturated heterocycles. The van der Waals surface area contributed by atoms with Crippen LogP contribution in [0.25, 0.3) is 10.9 Å². The van der Waals surface area contributed by atoms with Gasteiger partial charge in [0.2, 0.25) is 0 Å². The predicted molar refractivity (Wildman–Crippen MR) is 133 cm³/mol. The van der Waals surface area contributed by atoms with Crippen LogP contribution in [-0.4, -0.2) is 58.0 Å². The van der Waals surface area contributed by atoms with Gasteiger partial charge in [-0.3, -0.25) is 24.0 Å². The number of piperazine rings is 1. The number of H-pyrrole nitrogens is 1.